The van der Waals surface area contributed by atoms with Gasteiger partial charge in [-0.3, -0.25) is 0 Å². The van der Waals surface area contributed by atoms with Gasteiger partial charge < -0.3 is 10.3 Å². The highest BCUT2D eigenvalue weighted by molar-refractivity contribution is 7.71. The Balaban J connectivity index is 2.62. The fraction of sp³-hybridized carbons (Fsp3) is 0.556. The molecular weight excluding hydrogens is 182 g/mol. The second-order valence-corrected chi connectivity index (χ2v) is 4.03. The van der Waals surface area contributed by atoms with Crippen molar-refractivity contribution < 1.29 is 0 Å². The fourth-order valence-electron chi connectivity index (χ4n) is 1.70. The van der Waals surface area contributed by atoms with Crippen molar-refractivity contribution in [2.45, 2.75) is 32.9 Å². The Bertz CT molecular complexity index is 381. The molecule has 2 rings (SSSR count). The van der Waals surface area contributed by atoms with Gasteiger partial charge in [0.1, 0.15) is 0 Å². The summed E-state index contributed by atoms with van der Waals surface area (Å²) < 4.78 is 0.603. The summed E-state index contributed by atoms with van der Waals surface area (Å²) in [5.74, 6) is 0.449. The van der Waals surface area contributed by atoms with Crippen molar-refractivity contribution in [3.8, 4) is 0 Å². The van der Waals surface area contributed by atoms with Crippen LogP contribution in [-0.2, 0) is 13.1 Å². The Morgan fingerprint density at radius 1 is 1.38 bits per heavy atom. The maximum atomic E-state index is 5.07. The van der Waals surface area contributed by atoms with Crippen LogP contribution in [0.25, 0.3) is 0 Å². The van der Waals surface area contributed by atoms with E-state index in [0.717, 1.165) is 18.8 Å². The molecule has 1 aromatic heterocycles. The van der Waals surface area contributed by atoms with Gasteiger partial charge in [-0.25, -0.2) is 4.98 Å². The lowest BCUT2D eigenvalue weighted by Gasteiger charge is -2.09. The van der Waals surface area contributed by atoms with Crippen LogP contribution >= 0.6 is 12.2 Å². The second-order valence-electron chi connectivity index (χ2n) is 3.64. The molecule has 2 heterocycles. The van der Waals surface area contributed by atoms with Crippen LogP contribution < -0.4 is 5.32 Å². The highest BCUT2D eigenvalue weighted by Gasteiger charge is 2.17. The molecule has 0 fully saturated rings. The summed E-state index contributed by atoms with van der Waals surface area (Å²) in [7, 11) is 0. The van der Waals surface area contributed by atoms with Crippen molar-refractivity contribution in [2.24, 2.45) is 0 Å². The van der Waals surface area contributed by atoms with Crippen molar-refractivity contribution in [1.29, 1.82) is 0 Å². The highest BCUT2D eigenvalue weighted by atomic mass is 32.1. The van der Waals surface area contributed by atoms with Gasteiger partial charge in [-0.1, -0.05) is 13.8 Å². The molecule has 0 saturated heterocycles. The van der Waals surface area contributed by atoms with Crippen LogP contribution in [0.4, 0.5) is 0 Å². The Morgan fingerprint density at radius 3 is 2.85 bits per heavy atom. The topological polar surface area (TPSA) is 40.7 Å². The average Bonchev–Trinajstić information content (AvgIpc) is 2.49. The molecule has 1 aromatic rings. The lowest BCUT2D eigenvalue weighted by molar-refractivity contribution is 0.746. The van der Waals surface area contributed by atoms with E-state index in [1.807, 2.05) is 0 Å². The number of H-pyrrole nitrogens is 1. The molecule has 13 heavy (non-hydrogen) atoms. The van der Waals surface area contributed by atoms with Crippen LogP contribution in [0, 0.1) is 4.77 Å². The molecule has 0 bridgehead atoms. The normalized spacial score (nSPS) is 15.0. The van der Waals surface area contributed by atoms with E-state index in [4.69, 9.17) is 12.2 Å². The van der Waals surface area contributed by atoms with Crippen LogP contribution in [0.15, 0.2) is 0 Å². The molecule has 0 spiro atoms. The molecule has 1 aliphatic heterocycles. The van der Waals surface area contributed by atoms with Gasteiger partial charge in [0.15, 0.2) is 4.77 Å². The average molecular weight is 195 g/mol. The Labute approximate surface area is 82.6 Å². The first-order valence-corrected chi connectivity index (χ1v) is 4.92. The second kappa shape index (κ2) is 3.20. The minimum atomic E-state index is 0.449. The maximum absolute atomic E-state index is 5.07. The molecular formula is C9H13N3S. The SMILES string of the molecule is CC(C)c1nc(=S)[nH]c2c1CNC2. The number of nitrogens with zero attached hydrogens (tertiary/aromatic N) is 1. The van der Waals surface area contributed by atoms with Crippen LogP contribution in [0.5, 0.6) is 0 Å². The number of hydrogen-bond donors (Lipinski definition) is 2. The van der Waals surface area contributed by atoms with Crippen LogP contribution in [0.2, 0.25) is 0 Å². The van der Waals surface area contributed by atoms with Crippen molar-refractivity contribution in [3.05, 3.63) is 21.7 Å². The van der Waals surface area contributed by atoms with Gasteiger partial charge in [0.25, 0.3) is 0 Å². The molecule has 1 aliphatic rings. The molecule has 3 nitrogen and oxygen atoms in total. The molecule has 0 atom stereocenters. The molecule has 0 saturated carbocycles. The third-order valence-corrected chi connectivity index (χ3v) is 2.50. The van der Waals surface area contributed by atoms with E-state index in [2.05, 4.69) is 29.1 Å². The van der Waals surface area contributed by atoms with Crippen LogP contribution in [0.3, 0.4) is 0 Å². The van der Waals surface area contributed by atoms with Gasteiger partial charge in [0.05, 0.1) is 5.69 Å². The summed E-state index contributed by atoms with van der Waals surface area (Å²) in [6, 6.07) is 0. The third kappa shape index (κ3) is 1.51. The number of nitrogens with one attached hydrogen (secondary N) is 2. The summed E-state index contributed by atoms with van der Waals surface area (Å²) in [6.07, 6.45) is 0. The molecule has 70 valence electrons. The van der Waals surface area contributed by atoms with E-state index < -0.39 is 0 Å². The van der Waals surface area contributed by atoms with Crippen molar-refractivity contribution in [1.82, 2.24) is 15.3 Å². The standard InChI is InChI=1S/C9H13N3S/c1-5(2)8-6-3-10-4-7(6)11-9(13)12-8/h5,10H,3-4H2,1-2H3,(H,11,12,13). The monoisotopic (exact) mass is 195 g/mol. The van der Waals surface area contributed by atoms with Crippen molar-refractivity contribution in [2.75, 3.05) is 0 Å². The number of aromatic amines is 1. The van der Waals surface area contributed by atoms with Gasteiger partial charge in [-0.2, -0.15) is 0 Å². The summed E-state index contributed by atoms with van der Waals surface area (Å²) in [6.45, 7) is 6.11. The van der Waals surface area contributed by atoms with Crippen molar-refractivity contribution in [3.63, 3.8) is 0 Å². The Kier molecular flexibility index (Phi) is 2.17. The van der Waals surface area contributed by atoms with Gasteiger partial charge >= 0.3 is 0 Å². The zero-order valence-corrected chi connectivity index (χ0v) is 8.66. The van der Waals surface area contributed by atoms with E-state index >= 15 is 0 Å². The first kappa shape index (κ1) is 8.84. The minimum absolute atomic E-state index is 0.449. The van der Waals surface area contributed by atoms with Crippen molar-refractivity contribution >= 4 is 12.2 Å². The first-order chi connectivity index (χ1) is 6.18. The summed E-state index contributed by atoms with van der Waals surface area (Å²) in [4.78, 5) is 7.49. The molecule has 0 aliphatic carbocycles. The zero-order chi connectivity index (χ0) is 9.42. The first-order valence-electron chi connectivity index (χ1n) is 4.51. The predicted octanol–water partition coefficient (Wildman–Crippen LogP) is 1.87. The number of aromatic nitrogens is 2. The van der Waals surface area contributed by atoms with E-state index in [-0.39, 0.29) is 0 Å². The maximum Gasteiger partial charge on any atom is 0.197 e. The smallest absolute Gasteiger partial charge is 0.197 e. The van der Waals surface area contributed by atoms with Gasteiger partial charge in [-0.15, -0.1) is 0 Å². The largest absolute Gasteiger partial charge is 0.333 e. The lowest BCUT2D eigenvalue weighted by atomic mass is 10.0. The Morgan fingerprint density at radius 2 is 2.15 bits per heavy atom. The van der Waals surface area contributed by atoms with E-state index in [1.54, 1.807) is 0 Å². The summed E-state index contributed by atoms with van der Waals surface area (Å²) >= 11 is 5.07. The molecule has 0 aromatic carbocycles. The summed E-state index contributed by atoms with van der Waals surface area (Å²) in [5.41, 5.74) is 3.66. The van der Waals surface area contributed by atoms with Gasteiger partial charge in [0, 0.05) is 24.3 Å². The third-order valence-electron chi connectivity index (χ3n) is 2.30. The molecule has 2 N–H and O–H groups in total. The van der Waals surface area contributed by atoms with E-state index in [0.29, 0.717) is 10.7 Å². The minimum Gasteiger partial charge on any atom is -0.333 e. The van der Waals surface area contributed by atoms with Gasteiger partial charge in [-0.05, 0) is 18.1 Å². The number of fused-ring (bicyclic) bond motifs is 1. The molecule has 0 amide bonds. The van der Waals surface area contributed by atoms with E-state index in [1.165, 1.54) is 11.3 Å². The Hall–Kier alpha value is -0.740. The zero-order valence-electron chi connectivity index (χ0n) is 7.85. The predicted molar refractivity (Wildman–Crippen MR) is 54.1 cm³/mol. The van der Waals surface area contributed by atoms with Crippen LogP contribution in [0.1, 0.15) is 36.7 Å². The lowest BCUT2D eigenvalue weighted by Crippen LogP contribution is -2.03. The molecule has 4 heteroatoms. The quantitative estimate of drug-likeness (QED) is 0.672. The fourth-order valence-corrected chi connectivity index (χ4v) is 1.92. The van der Waals surface area contributed by atoms with Crippen LogP contribution in [-0.4, -0.2) is 9.97 Å². The number of hydrogen-bond acceptors (Lipinski definition) is 3. The van der Waals surface area contributed by atoms with Gasteiger partial charge in [0.2, 0.25) is 0 Å². The molecule has 0 radical (unpaired) electrons. The summed E-state index contributed by atoms with van der Waals surface area (Å²) in [5, 5.41) is 3.29. The highest BCUT2D eigenvalue weighted by Crippen LogP contribution is 2.22. The molecule has 0 unspecified atom stereocenters. The number of rotatable bonds is 1. The van der Waals surface area contributed by atoms with E-state index in [9.17, 15) is 0 Å².